The second-order valence-corrected chi connectivity index (χ2v) is 12.0. The topological polar surface area (TPSA) is 72.8 Å². The highest BCUT2D eigenvalue weighted by atomic mass is 31.2. The maximum absolute atomic E-state index is 13.3. The van der Waals surface area contributed by atoms with E-state index in [1.54, 1.807) is 26.0 Å². The first-order chi connectivity index (χ1) is 11.5. The fraction of sp³-hybridized carbons (Fsp3) is 0.650. The van der Waals surface area contributed by atoms with E-state index < -0.39 is 12.8 Å². The van der Waals surface area contributed by atoms with Gasteiger partial charge in [0.2, 0.25) is 0 Å². The minimum absolute atomic E-state index is 0.195. The zero-order valence-corrected chi connectivity index (χ0v) is 18.6. The number of aromatic hydroxyl groups is 1. The molecule has 0 aliphatic heterocycles. The highest BCUT2D eigenvalue weighted by Crippen LogP contribution is 2.60. The Labute approximate surface area is 157 Å². The van der Waals surface area contributed by atoms with Crippen LogP contribution in [0.15, 0.2) is 12.1 Å². The van der Waals surface area contributed by atoms with Gasteiger partial charge in [-0.3, -0.25) is 9.36 Å². The van der Waals surface area contributed by atoms with Crippen LogP contribution in [0.25, 0.3) is 0 Å². The van der Waals surface area contributed by atoms with Crippen LogP contribution in [0.4, 0.5) is 0 Å². The second kappa shape index (κ2) is 7.10. The number of phenolic OH excluding ortho intramolecular Hbond substituents is 1. The first-order valence-corrected chi connectivity index (χ1v) is 10.2. The molecule has 0 aromatic heterocycles. The summed E-state index contributed by atoms with van der Waals surface area (Å²) in [5.74, 6) is -0.151. The molecule has 6 heteroatoms. The van der Waals surface area contributed by atoms with Gasteiger partial charge in [0.15, 0.2) is 5.78 Å². The smallest absolute Gasteiger partial charge is 0.343 e. The van der Waals surface area contributed by atoms with Gasteiger partial charge in [0, 0.05) is 30.9 Å². The third-order valence-electron chi connectivity index (χ3n) is 4.71. The van der Waals surface area contributed by atoms with Crippen molar-refractivity contribution in [1.29, 1.82) is 0 Å². The van der Waals surface area contributed by atoms with Crippen LogP contribution in [0.1, 0.15) is 76.9 Å². The summed E-state index contributed by atoms with van der Waals surface area (Å²) < 4.78 is 23.1. The largest absolute Gasteiger partial charge is 0.507 e. The molecule has 0 spiro atoms. The normalized spacial score (nSPS) is 13.8. The molecule has 0 aliphatic carbocycles. The van der Waals surface area contributed by atoms with Gasteiger partial charge in [0.05, 0.1) is 0 Å². The third-order valence-corrected chi connectivity index (χ3v) is 7.24. The Morgan fingerprint density at radius 2 is 1.23 bits per heavy atom. The number of phenols is 1. The summed E-state index contributed by atoms with van der Waals surface area (Å²) in [5.41, 5.74) is 1.01. The van der Waals surface area contributed by atoms with Crippen LogP contribution in [-0.2, 0) is 24.4 Å². The molecular weight excluding hydrogens is 351 g/mol. The molecule has 0 bridgehead atoms. The maximum atomic E-state index is 13.3. The molecule has 0 fully saturated rings. The van der Waals surface area contributed by atoms with E-state index in [0.29, 0.717) is 16.7 Å². The fourth-order valence-electron chi connectivity index (χ4n) is 2.92. The Morgan fingerprint density at radius 3 is 1.50 bits per heavy atom. The average molecular weight is 384 g/mol. The number of rotatable bonds is 5. The predicted molar refractivity (Wildman–Crippen MR) is 106 cm³/mol. The minimum Gasteiger partial charge on any atom is -0.507 e. The van der Waals surface area contributed by atoms with Crippen LogP contribution in [0.2, 0.25) is 0 Å². The second-order valence-electron chi connectivity index (χ2n) is 9.17. The lowest BCUT2D eigenvalue weighted by molar-refractivity contribution is 0.0931. The van der Waals surface area contributed by atoms with E-state index in [4.69, 9.17) is 9.05 Å². The molecule has 0 saturated carbocycles. The maximum Gasteiger partial charge on any atom is 0.343 e. The zero-order valence-electron chi connectivity index (χ0n) is 17.7. The molecule has 1 aromatic carbocycles. The zero-order chi connectivity index (χ0) is 20.7. The standard InChI is InChI=1S/C20H33O5P/c1-18(2,3)14-11-13(12-15(16(14)21)19(4,5)6)17(22)20(7,8)26(23,24-9)25-10/h11-12,21H,1-10H3. The van der Waals surface area contributed by atoms with E-state index >= 15 is 0 Å². The van der Waals surface area contributed by atoms with Gasteiger partial charge in [-0.25, -0.2) is 0 Å². The molecule has 5 nitrogen and oxygen atoms in total. The summed E-state index contributed by atoms with van der Waals surface area (Å²) in [6.07, 6.45) is 0. The Balaban J connectivity index is 3.74. The van der Waals surface area contributed by atoms with Crippen molar-refractivity contribution >= 4 is 13.4 Å². The van der Waals surface area contributed by atoms with Gasteiger partial charge in [0.1, 0.15) is 10.9 Å². The molecule has 0 heterocycles. The number of hydrogen-bond acceptors (Lipinski definition) is 5. The quantitative estimate of drug-likeness (QED) is 0.541. The molecule has 0 aliphatic rings. The van der Waals surface area contributed by atoms with E-state index in [2.05, 4.69) is 0 Å². The number of ketones is 1. The van der Waals surface area contributed by atoms with Crippen molar-refractivity contribution in [2.45, 2.75) is 71.4 Å². The summed E-state index contributed by atoms with van der Waals surface area (Å²) in [6, 6.07) is 3.37. The molecule has 0 atom stereocenters. The molecule has 0 radical (unpaired) electrons. The van der Waals surface area contributed by atoms with Crippen molar-refractivity contribution < 1.29 is 23.5 Å². The Bertz CT molecular complexity index is 693. The van der Waals surface area contributed by atoms with Crippen molar-refractivity contribution in [3.63, 3.8) is 0 Å². The van der Waals surface area contributed by atoms with Crippen molar-refractivity contribution in [1.82, 2.24) is 0 Å². The van der Waals surface area contributed by atoms with Gasteiger partial charge in [-0.05, 0) is 36.8 Å². The van der Waals surface area contributed by atoms with Crippen LogP contribution < -0.4 is 0 Å². The number of benzene rings is 1. The van der Waals surface area contributed by atoms with Gasteiger partial charge in [-0.1, -0.05) is 41.5 Å². The minimum atomic E-state index is -3.64. The van der Waals surface area contributed by atoms with Crippen LogP contribution in [-0.4, -0.2) is 30.3 Å². The van der Waals surface area contributed by atoms with Crippen molar-refractivity contribution in [2.24, 2.45) is 0 Å². The lowest BCUT2D eigenvalue weighted by atomic mass is 9.77. The molecular formula is C20H33O5P. The molecule has 0 saturated heterocycles. The average Bonchev–Trinajstić information content (AvgIpc) is 2.51. The molecule has 148 valence electrons. The number of hydrogen-bond donors (Lipinski definition) is 1. The molecule has 1 rings (SSSR count). The molecule has 1 N–H and O–H groups in total. The number of Topliss-reactive ketones (excluding diaryl/α,β-unsaturated/α-hetero) is 1. The SMILES string of the molecule is COP(=O)(OC)C(C)(C)C(=O)c1cc(C(C)(C)C)c(O)c(C(C)(C)C)c1. The first kappa shape index (κ1) is 22.9. The summed E-state index contributed by atoms with van der Waals surface area (Å²) in [6.45, 7) is 15.0. The summed E-state index contributed by atoms with van der Waals surface area (Å²) in [4.78, 5) is 13.3. The van der Waals surface area contributed by atoms with Gasteiger partial charge < -0.3 is 14.2 Å². The van der Waals surface area contributed by atoms with Gasteiger partial charge in [-0.2, -0.15) is 0 Å². The fourth-order valence-corrected chi connectivity index (χ4v) is 4.36. The van der Waals surface area contributed by atoms with Gasteiger partial charge in [-0.15, -0.1) is 0 Å². The summed E-state index contributed by atoms with van der Waals surface area (Å²) in [7, 11) is -1.09. The first-order valence-electron chi connectivity index (χ1n) is 8.67. The van der Waals surface area contributed by atoms with E-state index in [1.165, 1.54) is 14.2 Å². The number of carbonyl (C=O) groups excluding carboxylic acids is 1. The van der Waals surface area contributed by atoms with E-state index in [-0.39, 0.29) is 22.4 Å². The molecule has 26 heavy (non-hydrogen) atoms. The Morgan fingerprint density at radius 1 is 0.885 bits per heavy atom. The highest BCUT2D eigenvalue weighted by Gasteiger charge is 2.48. The lowest BCUT2D eigenvalue weighted by Gasteiger charge is -2.32. The van der Waals surface area contributed by atoms with Crippen LogP contribution in [0.3, 0.4) is 0 Å². The van der Waals surface area contributed by atoms with E-state index in [0.717, 1.165) is 0 Å². The monoisotopic (exact) mass is 384 g/mol. The van der Waals surface area contributed by atoms with Crippen LogP contribution in [0, 0.1) is 0 Å². The van der Waals surface area contributed by atoms with Crippen molar-refractivity contribution in [3.8, 4) is 5.75 Å². The molecule has 0 unspecified atom stereocenters. The lowest BCUT2D eigenvalue weighted by Crippen LogP contribution is -2.33. The third kappa shape index (κ3) is 4.05. The van der Waals surface area contributed by atoms with Crippen molar-refractivity contribution in [2.75, 3.05) is 14.2 Å². The van der Waals surface area contributed by atoms with Gasteiger partial charge >= 0.3 is 7.60 Å². The van der Waals surface area contributed by atoms with E-state index in [9.17, 15) is 14.5 Å². The van der Waals surface area contributed by atoms with E-state index in [1.807, 2.05) is 41.5 Å². The van der Waals surface area contributed by atoms with Gasteiger partial charge in [0.25, 0.3) is 0 Å². The predicted octanol–water partition coefficient (Wildman–Crippen LogP) is 5.43. The Hall–Kier alpha value is -1.16. The molecule has 1 aromatic rings. The Kier molecular flexibility index (Phi) is 6.25. The highest BCUT2D eigenvalue weighted by molar-refractivity contribution is 7.56. The van der Waals surface area contributed by atoms with Crippen LogP contribution >= 0.6 is 7.60 Å². The number of carbonyl (C=O) groups is 1. The molecule has 0 amide bonds. The van der Waals surface area contributed by atoms with Crippen LogP contribution in [0.5, 0.6) is 5.75 Å². The summed E-state index contributed by atoms with van der Waals surface area (Å²) >= 11 is 0. The van der Waals surface area contributed by atoms with Crippen molar-refractivity contribution in [3.05, 3.63) is 28.8 Å². The summed E-state index contributed by atoms with van der Waals surface area (Å²) in [5, 5.41) is 9.44.